The fraction of sp³-hybridized carbons (Fsp3) is 0.0769. The Balaban J connectivity index is 2.22. The summed E-state index contributed by atoms with van der Waals surface area (Å²) in [5.74, 6) is 0. The molecular formula is C13H12BrN. The molecule has 2 N–H and O–H groups in total. The van der Waals surface area contributed by atoms with E-state index >= 15 is 0 Å². The van der Waals surface area contributed by atoms with Crippen LogP contribution in [0.3, 0.4) is 0 Å². The van der Waals surface area contributed by atoms with Crippen LogP contribution in [0.5, 0.6) is 0 Å². The van der Waals surface area contributed by atoms with Crippen LogP contribution < -0.4 is 5.73 Å². The van der Waals surface area contributed by atoms with E-state index in [4.69, 9.17) is 5.73 Å². The third-order valence-corrected chi connectivity index (χ3v) is 2.89. The molecule has 0 atom stereocenters. The maximum absolute atomic E-state index is 5.89. The summed E-state index contributed by atoms with van der Waals surface area (Å²) in [5, 5.41) is 0. The Labute approximate surface area is 98.1 Å². The molecule has 2 rings (SSSR count). The Kier molecular flexibility index (Phi) is 3.07. The van der Waals surface area contributed by atoms with E-state index < -0.39 is 0 Å². The van der Waals surface area contributed by atoms with Gasteiger partial charge >= 0.3 is 0 Å². The number of hydrogen-bond acceptors (Lipinski definition) is 1. The smallest absolute Gasteiger partial charge is 0.0349 e. The van der Waals surface area contributed by atoms with Crippen molar-refractivity contribution in [2.75, 3.05) is 5.73 Å². The first-order chi connectivity index (χ1) is 7.25. The van der Waals surface area contributed by atoms with Crippen molar-refractivity contribution in [3.63, 3.8) is 0 Å². The van der Waals surface area contributed by atoms with E-state index in [1.807, 2.05) is 18.2 Å². The molecule has 0 saturated carbocycles. The summed E-state index contributed by atoms with van der Waals surface area (Å²) in [6, 6.07) is 16.3. The Hall–Kier alpha value is -1.28. The van der Waals surface area contributed by atoms with Gasteiger partial charge in [-0.2, -0.15) is 0 Å². The molecule has 2 aromatic carbocycles. The van der Waals surface area contributed by atoms with Gasteiger partial charge in [-0.15, -0.1) is 0 Å². The maximum Gasteiger partial charge on any atom is 0.0349 e. The fourth-order valence-corrected chi connectivity index (χ4v) is 1.78. The topological polar surface area (TPSA) is 26.0 Å². The van der Waals surface area contributed by atoms with Crippen molar-refractivity contribution in [1.82, 2.24) is 0 Å². The van der Waals surface area contributed by atoms with E-state index in [1.165, 1.54) is 11.1 Å². The van der Waals surface area contributed by atoms with Crippen LogP contribution in [0.2, 0.25) is 0 Å². The zero-order valence-electron chi connectivity index (χ0n) is 8.28. The fourth-order valence-electron chi connectivity index (χ4n) is 1.52. The van der Waals surface area contributed by atoms with Gasteiger partial charge in [-0.3, -0.25) is 0 Å². The SMILES string of the molecule is Nc1ccccc1Cc1ccc(Br)cc1. The van der Waals surface area contributed by atoms with Crippen molar-refractivity contribution in [3.05, 3.63) is 64.1 Å². The highest BCUT2D eigenvalue weighted by Gasteiger charge is 1.99. The quantitative estimate of drug-likeness (QED) is 0.822. The van der Waals surface area contributed by atoms with Crippen LogP contribution >= 0.6 is 15.9 Å². The van der Waals surface area contributed by atoms with Crippen LogP contribution in [0.1, 0.15) is 11.1 Å². The molecular weight excluding hydrogens is 250 g/mol. The molecule has 0 fully saturated rings. The first-order valence-corrected chi connectivity index (χ1v) is 5.63. The van der Waals surface area contributed by atoms with E-state index in [1.54, 1.807) is 0 Å². The highest BCUT2D eigenvalue weighted by molar-refractivity contribution is 9.10. The first-order valence-electron chi connectivity index (χ1n) is 4.83. The second-order valence-corrected chi connectivity index (χ2v) is 4.42. The molecule has 0 radical (unpaired) electrons. The Morgan fingerprint density at radius 1 is 0.933 bits per heavy atom. The van der Waals surface area contributed by atoms with Crippen LogP contribution in [0.4, 0.5) is 5.69 Å². The predicted octanol–water partition coefficient (Wildman–Crippen LogP) is 3.62. The van der Waals surface area contributed by atoms with Crippen LogP contribution in [0.15, 0.2) is 53.0 Å². The van der Waals surface area contributed by atoms with Gasteiger partial charge in [-0.1, -0.05) is 46.3 Å². The molecule has 0 aliphatic rings. The number of halogens is 1. The van der Waals surface area contributed by atoms with E-state index in [0.717, 1.165) is 16.6 Å². The second kappa shape index (κ2) is 4.49. The van der Waals surface area contributed by atoms with Crippen LogP contribution in [0, 0.1) is 0 Å². The summed E-state index contributed by atoms with van der Waals surface area (Å²) in [5.41, 5.74) is 9.21. The van der Waals surface area contributed by atoms with Crippen molar-refractivity contribution in [1.29, 1.82) is 0 Å². The summed E-state index contributed by atoms with van der Waals surface area (Å²) >= 11 is 3.42. The molecule has 2 heteroatoms. The average molecular weight is 262 g/mol. The van der Waals surface area contributed by atoms with Crippen molar-refractivity contribution in [2.24, 2.45) is 0 Å². The first kappa shape index (κ1) is 10.2. The summed E-state index contributed by atoms with van der Waals surface area (Å²) < 4.78 is 1.10. The number of hydrogen-bond donors (Lipinski definition) is 1. The third kappa shape index (κ3) is 2.60. The zero-order valence-corrected chi connectivity index (χ0v) is 9.87. The molecule has 0 bridgehead atoms. The molecule has 2 aromatic rings. The number of nitrogens with two attached hydrogens (primary N) is 1. The van der Waals surface area contributed by atoms with Crippen molar-refractivity contribution >= 4 is 21.6 Å². The van der Waals surface area contributed by atoms with E-state index in [9.17, 15) is 0 Å². The van der Waals surface area contributed by atoms with E-state index in [2.05, 4.69) is 46.3 Å². The molecule has 76 valence electrons. The van der Waals surface area contributed by atoms with Crippen molar-refractivity contribution in [2.45, 2.75) is 6.42 Å². The van der Waals surface area contributed by atoms with Crippen LogP contribution in [0.25, 0.3) is 0 Å². The highest BCUT2D eigenvalue weighted by Crippen LogP contribution is 2.17. The van der Waals surface area contributed by atoms with Gasteiger partial charge in [0.2, 0.25) is 0 Å². The average Bonchev–Trinajstić information content (AvgIpc) is 2.25. The summed E-state index contributed by atoms with van der Waals surface area (Å²) in [6.07, 6.45) is 0.889. The zero-order chi connectivity index (χ0) is 10.7. The van der Waals surface area contributed by atoms with Crippen molar-refractivity contribution < 1.29 is 0 Å². The number of nitrogen functional groups attached to an aromatic ring is 1. The number of para-hydroxylation sites is 1. The van der Waals surface area contributed by atoms with Gasteiger partial charge in [-0.25, -0.2) is 0 Å². The Morgan fingerprint density at radius 2 is 1.60 bits per heavy atom. The molecule has 0 unspecified atom stereocenters. The van der Waals surface area contributed by atoms with Gasteiger partial charge in [0.1, 0.15) is 0 Å². The molecule has 0 spiro atoms. The lowest BCUT2D eigenvalue weighted by atomic mass is 10.0. The predicted molar refractivity (Wildman–Crippen MR) is 67.8 cm³/mol. The Morgan fingerprint density at radius 3 is 2.27 bits per heavy atom. The molecule has 0 aromatic heterocycles. The molecule has 0 amide bonds. The minimum absolute atomic E-state index is 0.861. The van der Waals surface area contributed by atoms with Gasteiger partial charge < -0.3 is 5.73 Å². The molecule has 0 saturated heterocycles. The van der Waals surface area contributed by atoms with Gasteiger partial charge in [0.25, 0.3) is 0 Å². The molecule has 0 heterocycles. The molecule has 0 aliphatic carbocycles. The maximum atomic E-state index is 5.89. The summed E-state index contributed by atoms with van der Waals surface area (Å²) in [4.78, 5) is 0. The second-order valence-electron chi connectivity index (χ2n) is 3.50. The van der Waals surface area contributed by atoms with Gasteiger partial charge in [0, 0.05) is 10.2 Å². The molecule has 15 heavy (non-hydrogen) atoms. The van der Waals surface area contributed by atoms with Crippen molar-refractivity contribution in [3.8, 4) is 0 Å². The van der Waals surface area contributed by atoms with Crippen LogP contribution in [-0.4, -0.2) is 0 Å². The largest absolute Gasteiger partial charge is 0.398 e. The lowest BCUT2D eigenvalue weighted by Gasteiger charge is -2.05. The third-order valence-electron chi connectivity index (χ3n) is 2.36. The lowest BCUT2D eigenvalue weighted by molar-refractivity contribution is 1.19. The summed E-state index contributed by atoms with van der Waals surface area (Å²) in [7, 11) is 0. The van der Waals surface area contributed by atoms with Gasteiger partial charge in [0.05, 0.1) is 0 Å². The standard InChI is InChI=1S/C13H12BrN/c14-12-7-5-10(6-8-12)9-11-3-1-2-4-13(11)15/h1-8H,9,15H2. The minimum Gasteiger partial charge on any atom is -0.398 e. The minimum atomic E-state index is 0.861. The van der Waals surface area contributed by atoms with Crippen LogP contribution in [-0.2, 0) is 6.42 Å². The van der Waals surface area contributed by atoms with Gasteiger partial charge in [-0.05, 0) is 35.7 Å². The monoisotopic (exact) mass is 261 g/mol. The molecule has 0 aliphatic heterocycles. The number of rotatable bonds is 2. The van der Waals surface area contributed by atoms with Gasteiger partial charge in [0.15, 0.2) is 0 Å². The summed E-state index contributed by atoms with van der Waals surface area (Å²) in [6.45, 7) is 0. The van der Waals surface area contributed by atoms with E-state index in [-0.39, 0.29) is 0 Å². The highest BCUT2D eigenvalue weighted by atomic mass is 79.9. The lowest BCUT2D eigenvalue weighted by Crippen LogP contribution is -1.94. The Bertz CT molecular complexity index is 448. The number of anilines is 1. The molecule has 1 nitrogen and oxygen atoms in total. The number of benzene rings is 2. The van der Waals surface area contributed by atoms with E-state index in [0.29, 0.717) is 0 Å². The normalized spacial score (nSPS) is 10.2.